The third-order valence-corrected chi connectivity index (χ3v) is 7.72. The number of hydrogen-bond acceptors (Lipinski definition) is 3. The van der Waals surface area contributed by atoms with Gasteiger partial charge in [0, 0.05) is 55.4 Å². The summed E-state index contributed by atoms with van der Waals surface area (Å²) in [6.45, 7) is 2.37. The minimum atomic E-state index is -0.0164. The molecule has 2 bridgehead atoms. The normalized spacial score (nSPS) is 29.0. The van der Waals surface area contributed by atoms with Crippen LogP contribution in [0.15, 0.2) is 29.3 Å². The lowest BCUT2D eigenvalue weighted by atomic mass is 9.74. The Balaban J connectivity index is 0.00000256. The highest BCUT2D eigenvalue weighted by atomic mass is 127. The first-order chi connectivity index (χ1) is 14.1. The summed E-state index contributed by atoms with van der Waals surface area (Å²) >= 11 is 6.60. The van der Waals surface area contributed by atoms with Crippen molar-refractivity contribution >= 4 is 41.5 Å². The zero-order valence-electron chi connectivity index (χ0n) is 18.2. The lowest BCUT2D eigenvalue weighted by Crippen LogP contribution is -2.57. The molecule has 0 aliphatic carbocycles. The average Bonchev–Trinajstić information content (AvgIpc) is 2.72. The molecule has 2 atom stereocenters. The van der Waals surface area contributed by atoms with Gasteiger partial charge in [-0.1, -0.05) is 36.2 Å². The van der Waals surface area contributed by atoms with Crippen LogP contribution in [0.2, 0.25) is 5.02 Å². The monoisotopic (exact) mass is 546 g/mol. The lowest BCUT2D eigenvalue weighted by Gasteiger charge is -2.47. The molecule has 1 aromatic rings. The molecular weight excluding hydrogens is 511 g/mol. The number of hydrogen-bond donors (Lipinski definition) is 2. The van der Waals surface area contributed by atoms with E-state index < -0.39 is 0 Å². The van der Waals surface area contributed by atoms with E-state index in [0.717, 1.165) is 43.6 Å². The highest BCUT2D eigenvalue weighted by molar-refractivity contribution is 14.0. The number of aliphatic imine (C=N–C) groups is 1. The maximum absolute atomic E-state index is 6.60. The molecule has 3 heterocycles. The van der Waals surface area contributed by atoms with Crippen molar-refractivity contribution in [1.82, 2.24) is 15.5 Å². The number of benzene rings is 1. The zero-order valence-corrected chi connectivity index (χ0v) is 21.3. The van der Waals surface area contributed by atoms with E-state index in [-0.39, 0.29) is 29.4 Å². The van der Waals surface area contributed by atoms with E-state index in [9.17, 15) is 0 Å². The van der Waals surface area contributed by atoms with Crippen LogP contribution in [-0.4, -0.2) is 62.8 Å². The van der Waals surface area contributed by atoms with Crippen LogP contribution in [0.3, 0.4) is 0 Å². The van der Waals surface area contributed by atoms with E-state index in [1.165, 1.54) is 37.7 Å². The average molecular weight is 547 g/mol. The first-order valence-electron chi connectivity index (χ1n) is 11.1. The Labute approximate surface area is 203 Å². The summed E-state index contributed by atoms with van der Waals surface area (Å²) < 4.78 is 5.67. The molecule has 3 aliphatic heterocycles. The van der Waals surface area contributed by atoms with Crippen molar-refractivity contribution in [3.63, 3.8) is 0 Å². The maximum Gasteiger partial charge on any atom is 0.191 e. The quantitative estimate of drug-likeness (QED) is 0.338. The molecule has 7 heteroatoms. The summed E-state index contributed by atoms with van der Waals surface area (Å²) in [6.07, 6.45) is 8.38. The second-order valence-corrected chi connectivity index (χ2v) is 9.42. The van der Waals surface area contributed by atoms with Gasteiger partial charge in [-0.2, -0.15) is 0 Å². The number of guanidine groups is 1. The lowest BCUT2D eigenvalue weighted by molar-refractivity contribution is 0.0498. The zero-order chi connectivity index (χ0) is 20.3. The molecule has 3 fully saturated rings. The van der Waals surface area contributed by atoms with Crippen LogP contribution in [0.25, 0.3) is 0 Å². The summed E-state index contributed by atoms with van der Waals surface area (Å²) in [5.41, 5.74) is 1.21. The Morgan fingerprint density at radius 1 is 1.20 bits per heavy atom. The van der Waals surface area contributed by atoms with Crippen molar-refractivity contribution in [2.75, 3.05) is 33.9 Å². The molecule has 168 valence electrons. The Bertz CT molecular complexity index is 711. The van der Waals surface area contributed by atoms with Crippen molar-refractivity contribution < 1.29 is 4.74 Å². The van der Waals surface area contributed by atoms with E-state index in [1.54, 1.807) is 0 Å². The van der Waals surface area contributed by atoms with Crippen molar-refractivity contribution in [1.29, 1.82) is 0 Å². The van der Waals surface area contributed by atoms with Crippen LogP contribution in [0.1, 0.15) is 50.5 Å². The summed E-state index contributed by atoms with van der Waals surface area (Å²) in [7, 11) is 4.17. The second kappa shape index (κ2) is 10.8. The molecule has 2 unspecified atom stereocenters. The molecule has 3 saturated heterocycles. The van der Waals surface area contributed by atoms with Crippen molar-refractivity contribution in [3.05, 3.63) is 34.9 Å². The van der Waals surface area contributed by atoms with E-state index in [2.05, 4.69) is 39.7 Å². The van der Waals surface area contributed by atoms with Crippen LogP contribution < -0.4 is 10.6 Å². The van der Waals surface area contributed by atoms with Crippen LogP contribution in [-0.2, 0) is 10.2 Å². The second-order valence-electron chi connectivity index (χ2n) is 9.02. The number of fused-ring (bicyclic) bond motifs is 2. The van der Waals surface area contributed by atoms with E-state index in [1.807, 2.05) is 19.2 Å². The first kappa shape index (κ1) is 24.1. The minimum Gasteiger partial charge on any atom is -0.381 e. The van der Waals surface area contributed by atoms with E-state index >= 15 is 0 Å². The van der Waals surface area contributed by atoms with Gasteiger partial charge >= 0.3 is 0 Å². The fraction of sp³-hybridized carbons (Fsp3) is 0.696. The van der Waals surface area contributed by atoms with Gasteiger partial charge in [0.25, 0.3) is 0 Å². The van der Waals surface area contributed by atoms with Gasteiger partial charge in [0.1, 0.15) is 0 Å². The van der Waals surface area contributed by atoms with Crippen LogP contribution >= 0.6 is 35.6 Å². The minimum absolute atomic E-state index is 0. The van der Waals surface area contributed by atoms with Gasteiger partial charge < -0.3 is 20.3 Å². The third kappa shape index (κ3) is 5.25. The van der Waals surface area contributed by atoms with Gasteiger partial charge in [0.05, 0.1) is 0 Å². The summed E-state index contributed by atoms with van der Waals surface area (Å²) in [6, 6.07) is 10.2. The molecular formula is C23H36ClIN4O. The molecule has 0 spiro atoms. The molecule has 0 amide bonds. The highest BCUT2D eigenvalue weighted by Crippen LogP contribution is 2.38. The number of rotatable bonds is 4. The van der Waals surface area contributed by atoms with Crippen LogP contribution in [0, 0.1) is 0 Å². The van der Waals surface area contributed by atoms with Gasteiger partial charge in [-0.15, -0.1) is 24.0 Å². The van der Waals surface area contributed by atoms with E-state index in [4.69, 9.17) is 16.3 Å². The highest BCUT2D eigenvalue weighted by Gasteiger charge is 2.38. The third-order valence-electron chi connectivity index (χ3n) is 7.39. The largest absolute Gasteiger partial charge is 0.381 e. The van der Waals surface area contributed by atoms with Gasteiger partial charge in [-0.3, -0.25) is 4.99 Å². The summed E-state index contributed by atoms with van der Waals surface area (Å²) in [4.78, 5) is 7.15. The van der Waals surface area contributed by atoms with Gasteiger partial charge in [0.15, 0.2) is 5.96 Å². The Kier molecular flexibility index (Phi) is 8.70. The molecule has 3 aliphatic rings. The van der Waals surface area contributed by atoms with Gasteiger partial charge in [-0.05, 0) is 57.2 Å². The number of nitrogens with one attached hydrogen (secondary N) is 2. The molecule has 4 rings (SSSR count). The Morgan fingerprint density at radius 2 is 1.87 bits per heavy atom. The molecule has 0 aromatic heterocycles. The van der Waals surface area contributed by atoms with Gasteiger partial charge in [-0.25, -0.2) is 0 Å². The summed E-state index contributed by atoms with van der Waals surface area (Å²) in [5, 5.41) is 8.22. The number of piperidine rings is 2. The molecule has 0 radical (unpaired) electrons. The fourth-order valence-corrected chi connectivity index (χ4v) is 5.91. The van der Waals surface area contributed by atoms with Crippen LogP contribution in [0.5, 0.6) is 0 Å². The van der Waals surface area contributed by atoms with Crippen LogP contribution in [0.4, 0.5) is 0 Å². The van der Waals surface area contributed by atoms with E-state index in [0.29, 0.717) is 18.1 Å². The van der Waals surface area contributed by atoms with Crippen molar-refractivity contribution in [3.8, 4) is 0 Å². The predicted octanol–water partition coefficient (Wildman–Crippen LogP) is 4.19. The topological polar surface area (TPSA) is 48.9 Å². The molecule has 0 saturated carbocycles. The first-order valence-corrected chi connectivity index (χ1v) is 11.5. The van der Waals surface area contributed by atoms with Crippen molar-refractivity contribution in [2.24, 2.45) is 4.99 Å². The standard InChI is InChI=1S/C23H35ClN4O.HI/c1-25-22(27-17-14-18-6-5-7-19(15-17)28(18)2)26-16-23(10-12-29-13-11-23)20-8-3-4-9-21(20)24;/h3-4,8-9,17-19H,5-7,10-16H2,1-2H3,(H2,25,26,27);1H. The Hall–Kier alpha value is -0.570. The Morgan fingerprint density at radius 3 is 2.50 bits per heavy atom. The van der Waals surface area contributed by atoms with Crippen molar-refractivity contribution in [2.45, 2.75) is 68.5 Å². The number of nitrogens with zero attached hydrogens (tertiary/aromatic N) is 2. The maximum atomic E-state index is 6.60. The smallest absolute Gasteiger partial charge is 0.191 e. The number of halogens is 2. The fourth-order valence-electron chi connectivity index (χ4n) is 5.57. The molecule has 2 N–H and O–H groups in total. The predicted molar refractivity (Wildman–Crippen MR) is 135 cm³/mol. The molecule has 5 nitrogen and oxygen atoms in total. The van der Waals surface area contributed by atoms with Gasteiger partial charge in [0.2, 0.25) is 0 Å². The molecule has 1 aromatic carbocycles. The number of ether oxygens (including phenoxy) is 1. The SMILES string of the molecule is CN=C(NCC1(c2ccccc2Cl)CCOCC1)NC1CC2CCCC(C1)N2C.I. The summed E-state index contributed by atoms with van der Waals surface area (Å²) in [5.74, 6) is 0.913. The molecule has 30 heavy (non-hydrogen) atoms.